The van der Waals surface area contributed by atoms with Gasteiger partial charge in [0.25, 0.3) is 0 Å². The lowest BCUT2D eigenvalue weighted by atomic mass is 9.89. The number of carbonyl (C=O) groups excluding carboxylic acids is 2. The van der Waals surface area contributed by atoms with E-state index in [1.165, 1.54) is 13.8 Å². The van der Waals surface area contributed by atoms with Gasteiger partial charge in [0.15, 0.2) is 0 Å². The van der Waals surface area contributed by atoms with Gasteiger partial charge < -0.3 is 10.0 Å². The fourth-order valence-electron chi connectivity index (χ4n) is 2.58. The second-order valence-electron chi connectivity index (χ2n) is 6.32. The smallest absolute Gasteiger partial charge is 0.324 e. The molecule has 1 rings (SSSR count). The number of hydrogen-bond acceptors (Lipinski definition) is 3. The van der Waals surface area contributed by atoms with Gasteiger partial charge >= 0.3 is 12.0 Å². The highest BCUT2D eigenvalue weighted by molar-refractivity contribution is 5.96. The Labute approximate surface area is 125 Å². The van der Waals surface area contributed by atoms with Gasteiger partial charge in [-0.15, -0.1) is 0 Å². The second kappa shape index (κ2) is 7.43. The predicted octanol–water partition coefficient (Wildman–Crippen LogP) is 2.38. The van der Waals surface area contributed by atoms with Crippen molar-refractivity contribution in [3.05, 3.63) is 0 Å². The normalized spacial score (nSPS) is 19.8. The highest BCUT2D eigenvalue weighted by Crippen LogP contribution is 2.21. The van der Waals surface area contributed by atoms with Gasteiger partial charge in [-0.1, -0.05) is 19.8 Å². The monoisotopic (exact) mass is 298 g/mol. The zero-order chi connectivity index (χ0) is 16.0. The van der Waals surface area contributed by atoms with Gasteiger partial charge in [0.2, 0.25) is 5.91 Å². The molecule has 6 heteroatoms. The zero-order valence-electron chi connectivity index (χ0n) is 13.1. The summed E-state index contributed by atoms with van der Waals surface area (Å²) < 4.78 is 0. The van der Waals surface area contributed by atoms with E-state index in [0.29, 0.717) is 6.54 Å². The number of hydrogen-bond donors (Lipinski definition) is 2. The van der Waals surface area contributed by atoms with Crippen molar-refractivity contribution in [1.82, 2.24) is 10.2 Å². The Bertz CT molecular complexity index is 406. The molecule has 2 N–H and O–H groups in total. The summed E-state index contributed by atoms with van der Waals surface area (Å²) in [6, 6.07) is -0.234. The Balaban J connectivity index is 2.62. The number of aliphatic carboxylic acids is 1. The van der Waals surface area contributed by atoms with E-state index in [9.17, 15) is 14.4 Å². The average molecular weight is 298 g/mol. The lowest BCUT2D eigenvalue weighted by molar-refractivity contribution is -0.149. The van der Waals surface area contributed by atoms with Crippen molar-refractivity contribution < 1.29 is 19.5 Å². The van der Waals surface area contributed by atoms with Gasteiger partial charge in [0.05, 0.1) is 5.41 Å². The van der Waals surface area contributed by atoms with Gasteiger partial charge in [-0.3, -0.25) is 14.9 Å². The minimum atomic E-state index is -1.17. The lowest BCUT2D eigenvalue weighted by Gasteiger charge is -2.29. The van der Waals surface area contributed by atoms with Crippen LogP contribution in [0.25, 0.3) is 0 Å². The Hall–Kier alpha value is -1.59. The summed E-state index contributed by atoms with van der Waals surface area (Å²) in [7, 11) is 0. The SMILES string of the molecule is CCC1CCCCCN1C(=O)NC(=O)CC(C)(C)C(=O)O. The molecule has 1 saturated heterocycles. The van der Waals surface area contributed by atoms with Gasteiger partial charge in [-0.25, -0.2) is 4.79 Å². The van der Waals surface area contributed by atoms with Crippen LogP contribution >= 0.6 is 0 Å². The molecule has 1 aliphatic rings. The molecule has 0 spiro atoms. The number of carboxylic acids is 1. The number of nitrogens with one attached hydrogen (secondary N) is 1. The van der Waals surface area contributed by atoms with Crippen molar-refractivity contribution in [3.8, 4) is 0 Å². The Kier molecular flexibility index (Phi) is 6.18. The first-order valence-corrected chi connectivity index (χ1v) is 7.61. The van der Waals surface area contributed by atoms with Crippen LogP contribution in [0, 0.1) is 5.41 Å². The highest BCUT2D eigenvalue weighted by atomic mass is 16.4. The van der Waals surface area contributed by atoms with E-state index in [2.05, 4.69) is 5.32 Å². The van der Waals surface area contributed by atoms with Gasteiger partial charge in [0.1, 0.15) is 0 Å². The van der Waals surface area contributed by atoms with Crippen LogP contribution in [0.1, 0.15) is 59.3 Å². The van der Waals surface area contributed by atoms with Crippen molar-refractivity contribution in [2.45, 2.75) is 65.3 Å². The maximum absolute atomic E-state index is 12.2. The fraction of sp³-hybridized carbons (Fsp3) is 0.800. The van der Waals surface area contributed by atoms with Gasteiger partial charge in [-0.2, -0.15) is 0 Å². The zero-order valence-corrected chi connectivity index (χ0v) is 13.1. The third kappa shape index (κ3) is 5.02. The molecule has 21 heavy (non-hydrogen) atoms. The molecule has 0 aromatic rings. The summed E-state index contributed by atoms with van der Waals surface area (Å²) in [6.45, 7) is 5.63. The molecule has 0 aromatic heterocycles. The van der Waals surface area contributed by atoms with E-state index in [0.717, 1.165) is 32.1 Å². The summed E-state index contributed by atoms with van der Waals surface area (Å²) in [5.74, 6) is -1.59. The molecule has 120 valence electrons. The molecule has 0 aliphatic carbocycles. The van der Waals surface area contributed by atoms with Crippen molar-refractivity contribution in [2.75, 3.05) is 6.54 Å². The number of carboxylic acid groups (broad SMARTS) is 1. The van der Waals surface area contributed by atoms with E-state index >= 15 is 0 Å². The summed E-state index contributed by atoms with van der Waals surface area (Å²) in [6.07, 6.45) is 4.75. The number of carbonyl (C=O) groups is 3. The number of amides is 3. The molecule has 0 aromatic carbocycles. The van der Waals surface area contributed by atoms with Crippen LogP contribution in [0.3, 0.4) is 0 Å². The van der Waals surface area contributed by atoms with Crippen molar-refractivity contribution in [2.24, 2.45) is 5.41 Å². The van der Waals surface area contributed by atoms with Crippen molar-refractivity contribution in [1.29, 1.82) is 0 Å². The Morgan fingerprint density at radius 3 is 2.48 bits per heavy atom. The Morgan fingerprint density at radius 1 is 1.24 bits per heavy atom. The number of nitrogens with zero attached hydrogens (tertiary/aromatic N) is 1. The first-order valence-electron chi connectivity index (χ1n) is 7.61. The fourth-order valence-corrected chi connectivity index (χ4v) is 2.58. The molecule has 6 nitrogen and oxygen atoms in total. The molecule has 3 amide bonds. The molecule has 1 fully saturated rings. The number of likely N-dealkylation sites (tertiary alicyclic amines) is 1. The molecule has 1 atom stereocenters. The Morgan fingerprint density at radius 2 is 1.90 bits per heavy atom. The van der Waals surface area contributed by atoms with Crippen LogP contribution in [-0.4, -0.2) is 40.5 Å². The minimum absolute atomic E-state index is 0.160. The molecular weight excluding hydrogens is 272 g/mol. The molecule has 1 unspecified atom stereocenters. The van der Waals surface area contributed by atoms with E-state index in [-0.39, 0.29) is 12.5 Å². The molecule has 1 heterocycles. The van der Waals surface area contributed by atoms with Crippen LogP contribution in [0.15, 0.2) is 0 Å². The van der Waals surface area contributed by atoms with Crippen molar-refractivity contribution >= 4 is 17.9 Å². The van der Waals surface area contributed by atoms with Crippen molar-refractivity contribution in [3.63, 3.8) is 0 Å². The highest BCUT2D eigenvalue weighted by Gasteiger charge is 2.32. The van der Waals surface area contributed by atoms with Crippen LogP contribution in [0.2, 0.25) is 0 Å². The van der Waals surface area contributed by atoms with Gasteiger partial charge in [-0.05, 0) is 33.1 Å². The summed E-state index contributed by atoms with van der Waals surface area (Å²) in [4.78, 5) is 36.8. The van der Waals surface area contributed by atoms with E-state index in [1.54, 1.807) is 4.90 Å². The number of urea groups is 1. The summed E-state index contributed by atoms with van der Waals surface area (Å²) >= 11 is 0. The first kappa shape index (κ1) is 17.5. The first-order chi connectivity index (χ1) is 9.77. The third-order valence-corrected chi connectivity index (χ3v) is 4.04. The van der Waals surface area contributed by atoms with Crippen LogP contribution in [0.5, 0.6) is 0 Å². The molecule has 0 bridgehead atoms. The molecular formula is C15H26N2O4. The largest absolute Gasteiger partial charge is 0.481 e. The van der Waals surface area contributed by atoms with E-state index < -0.39 is 23.3 Å². The molecule has 0 radical (unpaired) electrons. The molecule has 1 aliphatic heterocycles. The second-order valence-corrected chi connectivity index (χ2v) is 6.32. The number of imide groups is 1. The lowest BCUT2D eigenvalue weighted by Crippen LogP contribution is -2.48. The van der Waals surface area contributed by atoms with Gasteiger partial charge in [0, 0.05) is 19.0 Å². The van der Waals surface area contributed by atoms with Crippen LogP contribution in [0.4, 0.5) is 4.79 Å². The standard InChI is InChI=1S/C15H26N2O4/c1-4-11-8-6-5-7-9-17(11)14(21)16-12(18)10-15(2,3)13(19)20/h11H,4-10H2,1-3H3,(H,19,20)(H,16,18,21). The summed E-state index contributed by atoms with van der Waals surface area (Å²) in [5.41, 5.74) is -1.17. The van der Waals surface area contributed by atoms with E-state index in [4.69, 9.17) is 5.11 Å². The third-order valence-electron chi connectivity index (χ3n) is 4.04. The maximum Gasteiger partial charge on any atom is 0.324 e. The quantitative estimate of drug-likeness (QED) is 0.834. The van der Waals surface area contributed by atoms with E-state index in [1.807, 2.05) is 6.92 Å². The maximum atomic E-state index is 12.2. The molecule has 0 saturated carbocycles. The van der Waals surface area contributed by atoms with Crippen LogP contribution in [-0.2, 0) is 9.59 Å². The number of rotatable bonds is 4. The topological polar surface area (TPSA) is 86.7 Å². The minimum Gasteiger partial charge on any atom is -0.481 e. The average Bonchev–Trinajstić information content (AvgIpc) is 2.62. The van der Waals surface area contributed by atoms with Crippen LogP contribution < -0.4 is 5.32 Å². The predicted molar refractivity (Wildman–Crippen MR) is 78.8 cm³/mol. The summed E-state index contributed by atoms with van der Waals surface area (Å²) in [5, 5.41) is 11.4.